The molecule has 0 aliphatic rings. The van der Waals surface area contributed by atoms with Gasteiger partial charge in [-0.15, -0.1) is 0 Å². The van der Waals surface area contributed by atoms with Gasteiger partial charge in [-0.2, -0.15) is 13.2 Å². The number of aromatic nitrogens is 2. The lowest BCUT2D eigenvalue weighted by molar-refractivity contribution is -0.138. The highest BCUT2D eigenvalue weighted by molar-refractivity contribution is 5.94. The van der Waals surface area contributed by atoms with Crippen molar-refractivity contribution in [2.75, 3.05) is 6.61 Å². The van der Waals surface area contributed by atoms with E-state index >= 15 is 0 Å². The molecule has 4 nitrogen and oxygen atoms in total. The Bertz CT molecular complexity index is 995. The highest BCUT2D eigenvalue weighted by atomic mass is 19.4. The van der Waals surface area contributed by atoms with Gasteiger partial charge < -0.3 is 9.72 Å². The van der Waals surface area contributed by atoms with E-state index in [0.717, 1.165) is 6.07 Å². The van der Waals surface area contributed by atoms with Crippen molar-refractivity contribution in [1.82, 2.24) is 9.97 Å². The molecule has 1 N–H and O–H groups in total. The Balaban J connectivity index is 1.90. The number of benzene rings is 2. The first-order chi connectivity index (χ1) is 13.8. The fraction of sp³-hybridized carbons (Fsp3) is 0.238. The van der Waals surface area contributed by atoms with Crippen LogP contribution in [0, 0.1) is 5.82 Å². The first-order valence-electron chi connectivity index (χ1n) is 8.96. The SMILES string of the molecule is CCOC(=O)c1[nH]c(CCc2ccccc2C(F)(F)F)nc1-c1ccc(F)cc1. The topological polar surface area (TPSA) is 55.0 Å². The number of aryl methyl sites for hydroxylation is 2. The Morgan fingerprint density at radius 3 is 2.41 bits per heavy atom. The van der Waals surface area contributed by atoms with Crippen molar-refractivity contribution in [2.45, 2.75) is 25.9 Å². The average Bonchev–Trinajstić information content (AvgIpc) is 3.11. The van der Waals surface area contributed by atoms with Crippen molar-refractivity contribution in [1.29, 1.82) is 0 Å². The number of aromatic amines is 1. The molecule has 0 radical (unpaired) electrons. The van der Waals surface area contributed by atoms with Gasteiger partial charge in [0.15, 0.2) is 5.69 Å². The van der Waals surface area contributed by atoms with Crippen LogP contribution >= 0.6 is 0 Å². The van der Waals surface area contributed by atoms with Gasteiger partial charge in [0.05, 0.1) is 12.2 Å². The van der Waals surface area contributed by atoms with Gasteiger partial charge in [0, 0.05) is 12.0 Å². The molecular weight excluding hydrogens is 388 g/mol. The smallest absolute Gasteiger partial charge is 0.416 e. The summed E-state index contributed by atoms with van der Waals surface area (Å²) in [5.74, 6) is -0.739. The number of carbonyl (C=O) groups excluding carboxylic acids is 1. The summed E-state index contributed by atoms with van der Waals surface area (Å²) in [6.07, 6.45) is -4.22. The lowest BCUT2D eigenvalue weighted by atomic mass is 10.0. The number of ether oxygens (including phenoxy) is 1. The maximum atomic E-state index is 13.2. The third-order valence-electron chi connectivity index (χ3n) is 4.30. The van der Waals surface area contributed by atoms with Crippen LogP contribution in [0.15, 0.2) is 48.5 Å². The molecule has 0 amide bonds. The first-order valence-corrected chi connectivity index (χ1v) is 8.96. The molecule has 0 atom stereocenters. The van der Waals surface area contributed by atoms with Gasteiger partial charge in [0.25, 0.3) is 0 Å². The zero-order valence-electron chi connectivity index (χ0n) is 15.5. The highest BCUT2D eigenvalue weighted by Gasteiger charge is 2.32. The normalized spacial score (nSPS) is 11.5. The third kappa shape index (κ3) is 4.82. The number of nitrogens with one attached hydrogen (secondary N) is 1. The summed E-state index contributed by atoms with van der Waals surface area (Å²) >= 11 is 0. The molecule has 0 fully saturated rings. The van der Waals surface area contributed by atoms with Crippen LogP contribution in [-0.2, 0) is 23.8 Å². The van der Waals surface area contributed by atoms with E-state index < -0.39 is 23.5 Å². The van der Waals surface area contributed by atoms with Gasteiger partial charge in [-0.3, -0.25) is 0 Å². The van der Waals surface area contributed by atoms with Crippen LogP contribution < -0.4 is 0 Å². The van der Waals surface area contributed by atoms with Crippen LogP contribution in [0.3, 0.4) is 0 Å². The number of carbonyl (C=O) groups is 1. The Labute approximate surface area is 164 Å². The molecule has 29 heavy (non-hydrogen) atoms. The van der Waals surface area contributed by atoms with Gasteiger partial charge >= 0.3 is 12.1 Å². The Morgan fingerprint density at radius 1 is 1.07 bits per heavy atom. The van der Waals surface area contributed by atoms with E-state index in [9.17, 15) is 22.4 Å². The van der Waals surface area contributed by atoms with Crippen LogP contribution in [0.1, 0.15) is 34.4 Å². The summed E-state index contributed by atoms with van der Waals surface area (Å²) in [5, 5.41) is 0. The van der Waals surface area contributed by atoms with Crippen LogP contribution in [-0.4, -0.2) is 22.5 Å². The summed E-state index contributed by atoms with van der Waals surface area (Å²) in [6.45, 7) is 1.80. The summed E-state index contributed by atoms with van der Waals surface area (Å²) in [4.78, 5) is 19.5. The van der Waals surface area contributed by atoms with Crippen LogP contribution in [0.25, 0.3) is 11.3 Å². The van der Waals surface area contributed by atoms with Crippen molar-refractivity contribution in [2.24, 2.45) is 0 Å². The Hall–Kier alpha value is -3.16. The molecule has 0 saturated heterocycles. The number of alkyl halides is 3. The van der Waals surface area contributed by atoms with Gasteiger partial charge in [-0.25, -0.2) is 14.2 Å². The van der Waals surface area contributed by atoms with E-state index in [1.165, 1.54) is 36.4 Å². The highest BCUT2D eigenvalue weighted by Crippen LogP contribution is 2.32. The molecule has 0 spiro atoms. The lowest BCUT2D eigenvalue weighted by Crippen LogP contribution is -2.10. The van der Waals surface area contributed by atoms with E-state index in [4.69, 9.17) is 4.74 Å². The minimum absolute atomic E-state index is 0.0777. The van der Waals surface area contributed by atoms with Crippen molar-refractivity contribution in [3.05, 3.63) is 77.0 Å². The van der Waals surface area contributed by atoms with Crippen molar-refractivity contribution in [3.63, 3.8) is 0 Å². The molecule has 0 aliphatic carbocycles. The lowest BCUT2D eigenvalue weighted by Gasteiger charge is -2.11. The van der Waals surface area contributed by atoms with E-state index in [0.29, 0.717) is 11.4 Å². The maximum absolute atomic E-state index is 13.2. The number of imidazole rings is 1. The Kier molecular flexibility index (Phi) is 6.00. The molecule has 0 aliphatic heterocycles. The molecule has 1 aromatic heterocycles. The van der Waals surface area contributed by atoms with Gasteiger partial charge in [0.2, 0.25) is 0 Å². The minimum Gasteiger partial charge on any atom is -0.461 e. The molecule has 0 bridgehead atoms. The molecule has 0 unspecified atom stereocenters. The number of H-pyrrole nitrogens is 1. The van der Waals surface area contributed by atoms with Crippen molar-refractivity contribution < 1.29 is 27.1 Å². The van der Waals surface area contributed by atoms with E-state index in [1.807, 2.05) is 0 Å². The molecule has 0 saturated carbocycles. The predicted molar refractivity (Wildman–Crippen MR) is 98.8 cm³/mol. The number of halogens is 4. The largest absolute Gasteiger partial charge is 0.461 e. The number of hydrogen-bond acceptors (Lipinski definition) is 3. The van der Waals surface area contributed by atoms with Crippen molar-refractivity contribution >= 4 is 5.97 Å². The molecule has 3 aromatic rings. The van der Waals surface area contributed by atoms with E-state index in [1.54, 1.807) is 13.0 Å². The van der Waals surface area contributed by atoms with Gasteiger partial charge in [0.1, 0.15) is 17.3 Å². The number of hydrogen-bond donors (Lipinski definition) is 1. The summed E-state index contributed by atoms with van der Waals surface area (Å²) in [5.41, 5.74) is 0.279. The number of rotatable bonds is 6. The van der Waals surface area contributed by atoms with Crippen LogP contribution in [0.4, 0.5) is 17.6 Å². The quantitative estimate of drug-likeness (QED) is 0.452. The van der Waals surface area contributed by atoms with E-state index in [2.05, 4.69) is 9.97 Å². The average molecular weight is 406 g/mol. The Morgan fingerprint density at radius 2 is 1.76 bits per heavy atom. The molecule has 8 heteroatoms. The summed E-state index contributed by atoms with van der Waals surface area (Å²) in [6, 6.07) is 10.7. The first kappa shape index (κ1) is 20.6. The van der Waals surface area contributed by atoms with Crippen LogP contribution in [0.2, 0.25) is 0 Å². The van der Waals surface area contributed by atoms with Gasteiger partial charge in [-0.1, -0.05) is 18.2 Å². The maximum Gasteiger partial charge on any atom is 0.416 e. The summed E-state index contributed by atoms with van der Waals surface area (Å²) in [7, 11) is 0. The second-order valence-electron chi connectivity index (χ2n) is 6.29. The fourth-order valence-corrected chi connectivity index (χ4v) is 2.98. The van der Waals surface area contributed by atoms with Crippen LogP contribution in [0.5, 0.6) is 0 Å². The molecule has 2 aromatic carbocycles. The molecule has 1 heterocycles. The van der Waals surface area contributed by atoms with Gasteiger partial charge in [-0.05, 0) is 49.2 Å². The zero-order valence-corrected chi connectivity index (χ0v) is 15.5. The van der Waals surface area contributed by atoms with E-state index in [-0.39, 0.29) is 36.4 Å². The fourth-order valence-electron chi connectivity index (χ4n) is 2.98. The third-order valence-corrected chi connectivity index (χ3v) is 4.30. The predicted octanol–water partition coefficient (Wildman–Crippen LogP) is 5.20. The zero-order chi connectivity index (χ0) is 21.0. The molecular formula is C21H18F4N2O2. The minimum atomic E-state index is -4.45. The molecule has 3 rings (SSSR count). The monoisotopic (exact) mass is 406 g/mol. The standard InChI is InChI=1S/C21H18F4N2O2/c1-2-29-20(28)19-18(14-7-10-15(22)11-8-14)26-17(27-19)12-9-13-5-3-4-6-16(13)21(23,24)25/h3-8,10-11H,2,9,12H2,1H3,(H,26,27). The second-order valence-corrected chi connectivity index (χ2v) is 6.29. The second kappa shape index (κ2) is 8.46. The van der Waals surface area contributed by atoms with Crippen molar-refractivity contribution in [3.8, 4) is 11.3 Å². The molecule has 152 valence electrons. The summed E-state index contributed by atoms with van der Waals surface area (Å²) < 4.78 is 57.8. The number of esters is 1. The number of nitrogens with zero attached hydrogens (tertiary/aromatic N) is 1.